The Labute approximate surface area is 121 Å². The molecule has 1 heterocycles. The first-order valence-corrected chi connectivity index (χ1v) is 7.14. The summed E-state index contributed by atoms with van der Waals surface area (Å²) in [6.07, 6.45) is 4.78. The van der Waals surface area contributed by atoms with Crippen LogP contribution in [0.3, 0.4) is 0 Å². The Morgan fingerprint density at radius 3 is 2.15 bits per heavy atom. The fraction of sp³-hybridized carbons (Fsp3) is 0.389. The average molecular weight is 269 g/mol. The number of rotatable bonds is 4. The third-order valence-electron chi connectivity index (χ3n) is 3.62. The second-order valence-electron chi connectivity index (χ2n) is 6.28. The molecule has 1 unspecified atom stereocenters. The minimum atomic E-state index is -0.405. The van der Waals surface area contributed by atoms with E-state index in [2.05, 4.69) is 37.9 Å². The van der Waals surface area contributed by atoms with Crippen molar-refractivity contribution in [3.63, 3.8) is 0 Å². The van der Waals surface area contributed by atoms with Gasteiger partial charge in [-0.05, 0) is 47.1 Å². The molecular weight excluding hydrogens is 246 g/mol. The predicted molar refractivity (Wildman–Crippen MR) is 82.7 cm³/mol. The maximum Gasteiger partial charge on any atom is 0.0793 e. The summed E-state index contributed by atoms with van der Waals surface area (Å²) in [5.41, 5.74) is 3.65. The van der Waals surface area contributed by atoms with Crippen molar-refractivity contribution in [2.75, 3.05) is 0 Å². The maximum absolute atomic E-state index is 10.3. The Morgan fingerprint density at radius 1 is 1.00 bits per heavy atom. The molecule has 0 fully saturated rings. The number of aliphatic hydroxyl groups excluding tert-OH is 1. The Balaban J connectivity index is 1.97. The van der Waals surface area contributed by atoms with Gasteiger partial charge in [0, 0.05) is 12.4 Å². The zero-order valence-electron chi connectivity index (χ0n) is 12.5. The number of pyridine rings is 1. The molecule has 106 valence electrons. The van der Waals surface area contributed by atoms with Crippen LogP contribution in [-0.2, 0) is 11.8 Å². The molecule has 1 aromatic carbocycles. The van der Waals surface area contributed by atoms with E-state index in [1.807, 2.05) is 24.3 Å². The second kappa shape index (κ2) is 6.19. The first kappa shape index (κ1) is 14.7. The number of aromatic nitrogens is 1. The number of benzene rings is 1. The van der Waals surface area contributed by atoms with Crippen LogP contribution in [0.25, 0.3) is 0 Å². The summed E-state index contributed by atoms with van der Waals surface area (Å²) in [6, 6.07) is 12.3. The molecule has 0 aliphatic heterocycles. The number of aliphatic hydroxyl groups is 1. The van der Waals surface area contributed by atoms with Gasteiger partial charge in [0.05, 0.1) is 6.10 Å². The molecule has 1 atom stereocenters. The zero-order chi connectivity index (χ0) is 14.6. The van der Waals surface area contributed by atoms with Crippen LogP contribution < -0.4 is 0 Å². The summed E-state index contributed by atoms with van der Waals surface area (Å²) >= 11 is 0. The van der Waals surface area contributed by atoms with Gasteiger partial charge in [-0.25, -0.2) is 0 Å². The summed E-state index contributed by atoms with van der Waals surface area (Å²) in [6.45, 7) is 6.59. The highest BCUT2D eigenvalue weighted by molar-refractivity contribution is 5.28. The molecule has 0 spiro atoms. The van der Waals surface area contributed by atoms with Gasteiger partial charge < -0.3 is 5.11 Å². The minimum Gasteiger partial charge on any atom is -0.388 e. The first-order chi connectivity index (χ1) is 9.47. The van der Waals surface area contributed by atoms with Gasteiger partial charge in [-0.3, -0.25) is 4.98 Å². The highest BCUT2D eigenvalue weighted by Crippen LogP contribution is 2.25. The van der Waals surface area contributed by atoms with Crippen LogP contribution in [-0.4, -0.2) is 10.1 Å². The van der Waals surface area contributed by atoms with Crippen molar-refractivity contribution in [2.24, 2.45) is 0 Å². The van der Waals surface area contributed by atoms with Crippen molar-refractivity contribution >= 4 is 0 Å². The van der Waals surface area contributed by atoms with Crippen LogP contribution in [0.1, 0.15) is 50.0 Å². The van der Waals surface area contributed by atoms with Gasteiger partial charge in [-0.1, -0.05) is 45.0 Å². The molecule has 0 saturated carbocycles. The Kier molecular flexibility index (Phi) is 4.56. The molecule has 20 heavy (non-hydrogen) atoms. The fourth-order valence-corrected chi connectivity index (χ4v) is 2.22. The van der Waals surface area contributed by atoms with Crippen LogP contribution in [0.2, 0.25) is 0 Å². The van der Waals surface area contributed by atoms with Gasteiger partial charge in [0.2, 0.25) is 0 Å². The van der Waals surface area contributed by atoms with E-state index in [9.17, 15) is 5.11 Å². The SMILES string of the molecule is CC(C)(C)c1ccc(C(O)CCc2ccncc2)cc1. The van der Waals surface area contributed by atoms with Gasteiger partial charge in [0.25, 0.3) is 0 Å². The molecule has 2 heteroatoms. The van der Waals surface area contributed by atoms with Gasteiger partial charge in [-0.15, -0.1) is 0 Å². The van der Waals surface area contributed by atoms with E-state index < -0.39 is 6.10 Å². The summed E-state index contributed by atoms with van der Waals surface area (Å²) in [5.74, 6) is 0. The molecule has 0 saturated heterocycles. The molecule has 2 aromatic rings. The van der Waals surface area contributed by atoms with E-state index in [1.54, 1.807) is 12.4 Å². The quantitative estimate of drug-likeness (QED) is 0.908. The maximum atomic E-state index is 10.3. The van der Waals surface area contributed by atoms with Gasteiger partial charge in [0.1, 0.15) is 0 Å². The first-order valence-electron chi connectivity index (χ1n) is 7.14. The van der Waals surface area contributed by atoms with E-state index in [-0.39, 0.29) is 5.41 Å². The Hall–Kier alpha value is -1.67. The van der Waals surface area contributed by atoms with Crippen LogP contribution in [0.5, 0.6) is 0 Å². The third-order valence-corrected chi connectivity index (χ3v) is 3.62. The summed E-state index contributed by atoms with van der Waals surface area (Å²) in [7, 11) is 0. The molecule has 1 aromatic heterocycles. The highest BCUT2D eigenvalue weighted by Gasteiger charge is 2.14. The third kappa shape index (κ3) is 3.91. The molecule has 2 rings (SSSR count). The Bertz CT molecular complexity index is 526. The lowest BCUT2D eigenvalue weighted by molar-refractivity contribution is 0.168. The van der Waals surface area contributed by atoms with Crippen molar-refractivity contribution < 1.29 is 5.11 Å². The summed E-state index contributed by atoms with van der Waals surface area (Å²) in [4.78, 5) is 4.00. The second-order valence-corrected chi connectivity index (χ2v) is 6.28. The lowest BCUT2D eigenvalue weighted by Crippen LogP contribution is -2.11. The van der Waals surface area contributed by atoms with Gasteiger partial charge >= 0.3 is 0 Å². The van der Waals surface area contributed by atoms with E-state index in [0.717, 1.165) is 18.4 Å². The molecule has 0 amide bonds. The number of hydrogen-bond donors (Lipinski definition) is 1. The summed E-state index contributed by atoms with van der Waals surface area (Å²) < 4.78 is 0. The lowest BCUT2D eigenvalue weighted by Gasteiger charge is -2.20. The van der Waals surface area contributed by atoms with Crippen molar-refractivity contribution in [3.8, 4) is 0 Å². The molecule has 0 radical (unpaired) electrons. The number of hydrogen-bond acceptors (Lipinski definition) is 2. The highest BCUT2D eigenvalue weighted by atomic mass is 16.3. The molecular formula is C18H23NO. The van der Waals surface area contributed by atoms with Crippen molar-refractivity contribution in [2.45, 2.75) is 45.1 Å². The van der Waals surface area contributed by atoms with E-state index in [1.165, 1.54) is 11.1 Å². The molecule has 1 N–H and O–H groups in total. The van der Waals surface area contributed by atoms with Crippen LogP contribution in [0.15, 0.2) is 48.8 Å². The van der Waals surface area contributed by atoms with E-state index in [4.69, 9.17) is 0 Å². The monoisotopic (exact) mass is 269 g/mol. The van der Waals surface area contributed by atoms with Crippen molar-refractivity contribution in [1.82, 2.24) is 4.98 Å². The molecule has 0 aliphatic rings. The number of nitrogens with zero attached hydrogens (tertiary/aromatic N) is 1. The van der Waals surface area contributed by atoms with Crippen LogP contribution in [0, 0.1) is 0 Å². The topological polar surface area (TPSA) is 33.1 Å². The molecule has 2 nitrogen and oxygen atoms in total. The standard InChI is InChI=1S/C18H23NO/c1-18(2,3)16-7-5-15(6-8-16)17(20)9-4-14-10-12-19-13-11-14/h5-8,10-13,17,20H,4,9H2,1-3H3. The zero-order valence-corrected chi connectivity index (χ0v) is 12.5. The Morgan fingerprint density at radius 2 is 1.60 bits per heavy atom. The fourth-order valence-electron chi connectivity index (χ4n) is 2.22. The van der Waals surface area contributed by atoms with Gasteiger partial charge in [-0.2, -0.15) is 0 Å². The predicted octanol–water partition coefficient (Wildman–Crippen LogP) is 4.05. The average Bonchev–Trinajstić information content (AvgIpc) is 2.45. The largest absolute Gasteiger partial charge is 0.388 e. The van der Waals surface area contributed by atoms with E-state index in [0.29, 0.717) is 0 Å². The normalized spacial score (nSPS) is 13.2. The van der Waals surface area contributed by atoms with Crippen molar-refractivity contribution in [1.29, 1.82) is 0 Å². The van der Waals surface area contributed by atoms with Gasteiger partial charge in [0.15, 0.2) is 0 Å². The van der Waals surface area contributed by atoms with E-state index >= 15 is 0 Å². The summed E-state index contributed by atoms with van der Waals surface area (Å²) in [5, 5.41) is 10.3. The molecule has 0 aliphatic carbocycles. The van der Waals surface area contributed by atoms with Crippen LogP contribution >= 0.6 is 0 Å². The van der Waals surface area contributed by atoms with Crippen LogP contribution in [0.4, 0.5) is 0 Å². The molecule has 0 bridgehead atoms. The minimum absolute atomic E-state index is 0.153. The number of aryl methyl sites for hydroxylation is 1. The van der Waals surface area contributed by atoms with Crippen molar-refractivity contribution in [3.05, 3.63) is 65.5 Å². The smallest absolute Gasteiger partial charge is 0.0793 e. The lowest BCUT2D eigenvalue weighted by atomic mass is 9.86.